The quantitative estimate of drug-likeness (QED) is 0.655. The fraction of sp³-hybridized carbons (Fsp3) is 0.889. The van der Waals surface area contributed by atoms with Gasteiger partial charge in [0.05, 0.1) is 4.99 Å². The molecule has 0 radical (unpaired) electrons. The highest BCUT2D eigenvalue weighted by Crippen LogP contribution is 2.37. The Balaban J connectivity index is 2.04. The van der Waals surface area contributed by atoms with E-state index in [4.69, 9.17) is 18.0 Å². The molecule has 0 saturated heterocycles. The maximum Gasteiger partial charge on any atom is 0.0740 e. The van der Waals surface area contributed by atoms with Gasteiger partial charge in [-0.25, -0.2) is 0 Å². The predicted octanol–water partition coefficient (Wildman–Crippen LogP) is 1.25. The molecule has 0 bridgehead atoms. The summed E-state index contributed by atoms with van der Waals surface area (Å²) in [6.07, 6.45) is 2.25. The number of hydrogen-bond acceptors (Lipinski definition) is 2. The fourth-order valence-corrected chi connectivity index (χ4v) is 1.54. The van der Waals surface area contributed by atoms with E-state index < -0.39 is 0 Å². The van der Waals surface area contributed by atoms with Gasteiger partial charge < -0.3 is 10.6 Å². The van der Waals surface area contributed by atoms with E-state index in [-0.39, 0.29) is 0 Å². The highest BCUT2D eigenvalue weighted by atomic mass is 32.1. The third kappa shape index (κ3) is 3.50. The molecule has 1 rings (SSSR count). The van der Waals surface area contributed by atoms with Crippen LogP contribution < -0.4 is 5.73 Å². The van der Waals surface area contributed by atoms with E-state index in [1.807, 2.05) is 0 Å². The second-order valence-corrected chi connectivity index (χ2v) is 4.48. The SMILES string of the molecule is CC1CC1CN(C)CCC(N)=S. The predicted molar refractivity (Wildman–Crippen MR) is 56.2 cm³/mol. The topological polar surface area (TPSA) is 29.3 Å². The van der Waals surface area contributed by atoms with Gasteiger partial charge in [-0.05, 0) is 25.3 Å². The molecule has 0 aromatic carbocycles. The lowest BCUT2D eigenvalue weighted by Gasteiger charge is -2.15. The number of nitrogens with zero attached hydrogens (tertiary/aromatic N) is 1. The molecule has 70 valence electrons. The van der Waals surface area contributed by atoms with Crippen LogP contribution in [0.5, 0.6) is 0 Å². The molecule has 0 aromatic heterocycles. The normalized spacial score (nSPS) is 27.6. The summed E-state index contributed by atoms with van der Waals surface area (Å²) in [6, 6.07) is 0. The Labute approximate surface area is 80.1 Å². The van der Waals surface area contributed by atoms with Crippen LogP contribution >= 0.6 is 12.2 Å². The summed E-state index contributed by atoms with van der Waals surface area (Å²) in [5, 5.41) is 0. The maximum atomic E-state index is 5.42. The van der Waals surface area contributed by atoms with Gasteiger partial charge in [0, 0.05) is 19.5 Å². The van der Waals surface area contributed by atoms with E-state index in [1.54, 1.807) is 0 Å². The van der Waals surface area contributed by atoms with Crippen molar-refractivity contribution in [3.63, 3.8) is 0 Å². The first-order valence-electron chi connectivity index (χ1n) is 4.56. The molecule has 3 heteroatoms. The van der Waals surface area contributed by atoms with Gasteiger partial charge in [-0.2, -0.15) is 0 Å². The van der Waals surface area contributed by atoms with Crippen molar-refractivity contribution in [2.75, 3.05) is 20.1 Å². The second-order valence-electron chi connectivity index (χ2n) is 3.95. The van der Waals surface area contributed by atoms with Gasteiger partial charge in [-0.3, -0.25) is 0 Å². The van der Waals surface area contributed by atoms with E-state index in [0.717, 1.165) is 24.8 Å². The molecule has 2 atom stereocenters. The zero-order valence-electron chi connectivity index (χ0n) is 7.92. The van der Waals surface area contributed by atoms with E-state index in [2.05, 4.69) is 18.9 Å². The Kier molecular flexibility index (Phi) is 3.47. The van der Waals surface area contributed by atoms with Crippen molar-refractivity contribution in [2.45, 2.75) is 19.8 Å². The van der Waals surface area contributed by atoms with Crippen LogP contribution in [-0.4, -0.2) is 30.0 Å². The van der Waals surface area contributed by atoms with Gasteiger partial charge in [0.15, 0.2) is 0 Å². The summed E-state index contributed by atoms with van der Waals surface area (Å²) < 4.78 is 0. The largest absolute Gasteiger partial charge is 0.393 e. The van der Waals surface area contributed by atoms with Crippen molar-refractivity contribution in [3.05, 3.63) is 0 Å². The molecule has 2 nitrogen and oxygen atoms in total. The van der Waals surface area contributed by atoms with Crippen LogP contribution in [-0.2, 0) is 0 Å². The monoisotopic (exact) mass is 186 g/mol. The van der Waals surface area contributed by atoms with Gasteiger partial charge in [0.1, 0.15) is 0 Å². The number of hydrogen-bond donors (Lipinski definition) is 1. The van der Waals surface area contributed by atoms with Crippen LogP contribution in [0.2, 0.25) is 0 Å². The minimum Gasteiger partial charge on any atom is -0.393 e. The first kappa shape index (κ1) is 9.93. The number of nitrogens with two attached hydrogens (primary N) is 1. The van der Waals surface area contributed by atoms with Crippen molar-refractivity contribution in [2.24, 2.45) is 17.6 Å². The second kappa shape index (κ2) is 4.19. The summed E-state index contributed by atoms with van der Waals surface area (Å²) in [6.45, 7) is 4.54. The van der Waals surface area contributed by atoms with Crippen LogP contribution in [0.15, 0.2) is 0 Å². The van der Waals surface area contributed by atoms with Crippen molar-refractivity contribution in [1.29, 1.82) is 0 Å². The zero-order valence-corrected chi connectivity index (χ0v) is 8.73. The fourth-order valence-electron chi connectivity index (χ4n) is 1.45. The van der Waals surface area contributed by atoms with Gasteiger partial charge >= 0.3 is 0 Å². The summed E-state index contributed by atoms with van der Waals surface area (Å²) in [5.41, 5.74) is 5.42. The highest BCUT2D eigenvalue weighted by molar-refractivity contribution is 7.80. The van der Waals surface area contributed by atoms with Crippen LogP contribution in [0.3, 0.4) is 0 Å². The number of rotatable bonds is 5. The summed E-state index contributed by atoms with van der Waals surface area (Å²) in [7, 11) is 2.14. The van der Waals surface area contributed by atoms with Gasteiger partial charge in [-0.15, -0.1) is 0 Å². The molecule has 2 N–H and O–H groups in total. The summed E-state index contributed by atoms with van der Waals surface area (Å²) in [5.74, 6) is 1.87. The Morgan fingerprint density at radius 2 is 2.25 bits per heavy atom. The van der Waals surface area contributed by atoms with E-state index >= 15 is 0 Å². The van der Waals surface area contributed by atoms with Crippen LogP contribution in [0, 0.1) is 11.8 Å². The first-order valence-corrected chi connectivity index (χ1v) is 4.97. The Hall–Kier alpha value is -0.150. The highest BCUT2D eigenvalue weighted by Gasteiger charge is 2.32. The summed E-state index contributed by atoms with van der Waals surface area (Å²) in [4.78, 5) is 2.96. The molecule has 12 heavy (non-hydrogen) atoms. The van der Waals surface area contributed by atoms with Gasteiger partial charge in [0.2, 0.25) is 0 Å². The van der Waals surface area contributed by atoms with Crippen LogP contribution in [0.1, 0.15) is 19.8 Å². The average Bonchev–Trinajstić information content (AvgIpc) is 2.62. The smallest absolute Gasteiger partial charge is 0.0740 e. The molecule has 0 heterocycles. The lowest BCUT2D eigenvalue weighted by Crippen LogP contribution is -2.25. The van der Waals surface area contributed by atoms with Gasteiger partial charge in [0.25, 0.3) is 0 Å². The Bertz CT molecular complexity index is 170. The van der Waals surface area contributed by atoms with Crippen molar-refractivity contribution >= 4 is 17.2 Å². The molecule has 0 amide bonds. The molecule has 2 unspecified atom stereocenters. The average molecular weight is 186 g/mol. The van der Waals surface area contributed by atoms with Gasteiger partial charge in [-0.1, -0.05) is 19.1 Å². The van der Waals surface area contributed by atoms with E-state index in [0.29, 0.717) is 4.99 Å². The van der Waals surface area contributed by atoms with Crippen molar-refractivity contribution in [3.8, 4) is 0 Å². The van der Waals surface area contributed by atoms with E-state index in [1.165, 1.54) is 13.0 Å². The van der Waals surface area contributed by atoms with E-state index in [9.17, 15) is 0 Å². The van der Waals surface area contributed by atoms with Crippen LogP contribution in [0.25, 0.3) is 0 Å². The third-order valence-electron chi connectivity index (χ3n) is 2.56. The lowest BCUT2D eigenvalue weighted by molar-refractivity contribution is 0.324. The minimum absolute atomic E-state index is 0.630. The van der Waals surface area contributed by atoms with Crippen molar-refractivity contribution in [1.82, 2.24) is 4.90 Å². The van der Waals surface area contributed by atoms with Crippen molar-refractivity contribution < 1.29 is 0 Å². The molecular formula is C9H18N2S. The lowest BCUT2D eigenvalue weighted by atomic mass is 10.3. The molecule has 1 fully saturated rings. The minimum atomic E-state index is 0.630. The first-order chi connectivity index (χ1) is 5.59. The Morgan fingerprint density at radius 3 is 2.67 bits per heavy atom. The molecule has 0 aliphatic heterocycles. The molecular weight excluding hydrogens is 168 g/mol. The summed E-state index contributed by atoms with van der Waals surface area (Å²) >= 11 is 4.82. The third-order valence-corrected chi connectivity index (χ3v) is 2.77. The Morgan fingerprint density at radius 1 is 1.67 bits per heavy atom. The molecule has 1 aliphatic carbocycles. The molecule has 1 aliphatic rings. The molecule has 0 spiro atoms. The number of thiocarbonyl (C=S) groups is 1. The maximum absolute atomic E-state index is 5.42. The molecule has 1 saturated carbocycles. The molecule has 0 aromatic rings. The zero-order chi connectivity index (χ0) is 9.14. The standard InChI is InChI=1S/C9H18N2S/c1-7-5-8(7)6-11(2)4-3-9(10)12/h7-8H,3-6H2,1-2H3,(H2,10,12). The van der Waals surface area contributed by atoms with Crippen LogP contribution in [0.4, 0.5) is 0 Å².